The molecule has 2 heteroatoms. The molecule has 0 aliphatic heterocycles. The lowest BCUT2D eigenvalue weighted by atomic mass is 10.0. The summed E-state index contributed by atoms with van der Waals surface area (Å²) in [6.07, 6.45) is 5.26. The highest BCUT2D eigenvalue weighted by molar-refractivity contribution is 5.21. The Balaban J connectivity index is 2.65. The van der Waals surface area contributed by atoms with Crippen LogP contribution >= 0.6 is 0 Å². The van der Waals surface area contributed by atoms with Gasteiger partial charge in [-0.2, -0.15) is 0 Å². The summed E-state index contributed by atoms with van der Waals surface area (Å²) < 4.78 is 0. The lowest BCUT2D eigenvalue weighted by molar-refractivity contribution is 0.598. The number of nitrogens with two attached hydrogens (primary N) is 1. The highest BCUT2D eigenvalue weighted by Gasteiger charge is 2.07. The number of aryl methyl sites for hydroxylation is 1. The van der Waals surface area contributed by atoms with Gasteiger partial charge in [-0.1, -0.05) is 25.8 Å². The minimum atomic E-state index is 0.161. The number of nitrogens with zero attached hydrogens (tertiary/aromatic N) is 1. The predicted molar refractivity (Wildman–Crippen MR) is 55.4 cm³/mol. The zero-order valence-corrected chi connectivity index (χ0v) is 8.46. The van der Waals surface area contributed by atoms with Gasteiger partial charge in [0, 0.05) is 17.9 Å². The van der Waals surface area contributed by atoms with Gasteiger partial charge in [0.15, 0.2) is 0 Å². The molecule has 13 heavy (non-hydrogen) atoms. The number of pyridine rings is 1. The van der Waals surface area contributed by atoms with E-state index < -0.39 is 0 Å². The molecule has 2 N–H and O–H groups in total. The molecule has 0 aromatic carbocycles. The largest absolute Gasteiger partial charge is 0.324 e. The van der Waals surface area contributed by atoms with E-state index in [0.29, 0.717) is 0 Å². The highest BCUT2D eigenvalue weighted by Crippen LogP contribution is 2.18. The summed E-state index contributed by atoms with van der Waals surface area (Å²) in [6, 6.07) is 4.19. The molecule has 0 saturated carbocycles. The second kappa shape index (κ2) is 4.97. The molecule has 0 spiro atoms. The van der Waals surface area contributed by atoms with Crippen LogP contribution in [0.25, 0.3) is 0 Å². The van der Waals surface area contributed by atoms with Gasteiger partial charge in [-0.3, -0.25) is 4.98 Å². The molecule has 1 aromatic rings. The molecular formula is C11H18N2. The highest BCUT2D eigenvalue weighted by atomic mass is 14.7. The first-order valence-corrected chi connectivity index (χ1v) is 4.92. The molecule has 0 radical (unpaired) electrons. The SMILES string of the molecule is CCCC[C@@H](N)c1cccnc1C. The van der Waals surface area contributed by atoms with Crippen molar-refractivity contribution in [2.75, 3.05) is 0 Å². The number of hydrogen-bond donors (Lipinski definition) is 1. The molecule has 0 aliphatic rings. The van der Waals surface area contributed by atoms with Gasteiger partial charge >= 0.3 is 0 Å². The summed E-state index contributed by atoms with van der Waals surface area (Å²) in [5.41, 5.74) is 8.29. The molecule has 1 heterocycles. The molecule has 0 saturated heterocycles. The van der Waals surface area contributed by atoms with E-state index in [0.717, 1.165) is 12.1 Å². The fraction of sp³-hybridized carbons (Fsp3) is 0.545. The van der Waals surface area contributed by atoms with Crippen LogP contribution in [0, 0.1) is 6.92 Å². The van der Waals surface area contributed by atoms with Crippen molar-refractivity contribution in [1.82, 2.24) is 4.98 Å². The van der Waals surface area contributed by atoms with Gasteiger partial charge in [0.1, 0.15) is 0 Å². The second-order valence-electron chi connectivity index (χ2n) is 3.43. The summed E-state index contributed by atoms with van der Waals surface area (Å²) >= 11 is 0. The van der Waals surface area contributed by atoms with Gasteiger partial charge < -0.3 is 5.73 Å². The zero-order chi connectivity index (χ0) is 9.68. The molecule has 0 aliphatic carbocycles. The maximum Gasteiger partial charge on any atom is 0.0420 e. The first-order chi connectivity index (χ1) is 6.25. The van der Waals surface area contributed by atoms with Crippen LogP contribution in [0.1, 0.15) is 43.5 Å². The smallest absolute Gasteiger partial charge is 0.0420 e. The molecule has 1 aromatic heterocycles. The van der Waals surface area contributed by atoms with Crippen molar-refractivity contribution < 1.29 is 0 Å². The lowest BCUT2D eigenvalue weighted by Gasteiger charge is -2.12. The van der Waals surface area contributed by atoms with E-state index in [4.69, 9.17) is 5.73 Å². The van der Waals surface area contributed by atoms with Crippen LogP contribution < -0.4 is 5.73 Å². The maximum absolute atomic E-state index is 6.04. The molecule has 0 fully saturated rings. The molecule has 0 unspecified atom stereocenters. The first kappa shape index (κ1) is 10.2. The van der Waals surface area contributed by atoms with Gasteiger partial charge in [0.2, 0.25) is 0 Å². The fourth-order valence-corrected chi connectivity index (χ4v) is 1.47. The van der Waals surface area contributed by atoms with Crippen LogP contribution in [0.5, 0.6) is 0 Å². The van der Waals surface area contributed by atoms with Gasteiger partial charge in [0.25, 0.3) is 0 Å². The van der Waals surface area contributed by atoms with Gasteiger partial charge in [-0.05, 0) is 25.0 Å². The Bertz CT molecular complexity index is 258. The van der Waals surface area contributed by atoms with Crippen LogP contribution in [-0.4, -0.2) is 4.98 Å². The fourth-order valence-electron chi connectivity index (χ4n) is 1.47. The van der Waals surface area contributed by atoms with E-state index in [9.17, 15) is 0 Å². The summed E-state index contributed by atoms with van der Waals surface area (Å²) in [5.74, 6) is 0. The maximum atomic E-state index is 6.04. The summed E-state index contributed by atoms with van der Waals surface area (Å²) in [4.78, 5) is 4.23. The Morgan fingerprint density at radius 2 is 2.31 bits per heavy atom. The van der Waals surface area contributed by atoms with E-state index >= 15 is 0 Å². The Morgan fingerprint density at radius 3 is 2.92 bits per heavy atom. The quantitative estimate of drug-likeness (QED) is 0.769. The minimum absolute atomic E-state index is 0.161. The Labute approximate surface area is 80.2 Å². The van der Waals surface area contributed by atoms with Crippen LogP contribution in [0.15, 0.2) is 18.3 Å². The minimum Gasteiger partial charge on any atom is -0.324 e. The Morgan fingerprint density at radius 1 is 1.54 bits per heavy atom. The van der Waals surface area contributed by atoms with Gasteiger partial charge in [-0.15, -0.1) is 0 Å². The van der Waals surface area contributed by atoms with Gasteiger partial charge in [-0.25, -0.2) is 0 Å². The molecule has 0 amide bonds. The topological polar surface area (TPSA) is 38.9 Å². The molecule has 72 valence electrons. The third-order valence-corrected chi connectivity index (χ3v) is 2.32. The lowest BCUT2D eigenvalue weighted by Crippen LogP contribution is -2.12. The van der Waals surface area contributed by atoms with E-state index in [1.165, 1.54) is 18.4 Å². The summed E-state index contributed by atoms with van der Waals surface area (Å²) in [7, 11) is 0. The van der Waals surface area contributed by atoms with Crippen molar-refractivity contribution in [3.8, 4) is 0 Å². The number of rotatable bonds is 4. The van der Waals surface area contributed by atoms with E-state index in [2.05, 4.69) is 18.0 Å². The molecule has 2 nitrogen and oxygen atoms in total. The normalized spacial score (nSPS) is 12.8. The van der Waals surface area contributed by atoms with Crippen molar-refractivity contribution in [3.63, 3.8) is 0 Å². The Hall–Kier alpha value is -0.890. The molecule has 1 atom stereocenters. The van der Waals surface area contributed by atoms with Crippen molar-refractivity contribution in [3.05, 3.63) is 29.6 Å². The standard InChI is InChI=1S/C11H18N2/c1-3-4-7-11(12)10-6-5-8-13-9(10)2/h5-6,8,11H,3-4,7,12H2,1-2H3/t11-/m1/s1. The van der Waals surface area contributed by atoms with Crippen LogP contribution in [-0.2, 0) is 0 Å². The van der Waals surface area contributed by atoms with Crippen molar-refractivity contribution in [1.29, 1.82) is 0 Å². The van der Waals surface area contributed by atoms with E-state index in [1.807, 2.05) is 19.2 Å². The number of hydrogen-bond acceptors (Lipinski definition) is 2. The zero-order valence-electron chi connectivity index (χ0n) is 8.46. The summed E-state index contributed by atoms with van der Waals surface area (Å²) in [5, 5.41) is 0. The first-order valence-electron chi connectivity index (χ1n) is 4.92. The van der Waals surface area contributed by atoms with Crippen molar-refractivity contribution >= 4 is 0 Å². The third-order valence-electron chi connectivity index (χ3n) is 2.32. The van der Waals surface area contributed by atoms with Gasteiger partial charge in [0.05, 0.1) is 0 Å². The van der Waals surface area contributed by atoms with Crippen LogP contribution in [0.4, 0.5) is 0 Å². The van der Waals surface area contributed by atoms with Crippen molar-refractivity contribution in [2.45, 2.75) is 39.2 Å². The van der Waals surface area contributed by atoms with Crippen LogP contribution in [0.3, 0.4) is 0 Å². The number of unbranched alkanes of at least 4 members (excludes halogenated alkanes) is 1. The number of aromatic nitrogens is 1. The Kier molecular flexibility index (Phi) is 3.90. The van der Waals surface area contributed by atoms with E-state index in [-0.39, 0.29) is 6.04 Å². The van der Waals surface area contributed by atoms with Crippen LogP contribution in [0.2, 0.25) is 0 Å². The molecule has 1 rings (SSSR count). The average Bonchev–Trinajstić information content (AvgIpc) is 2.15. The molecule has 0 bridgehead atoms. The third kappa shape index (κ3) is 2.81. The van der Waals surface area contributed by atoms with Crippen molar-refractivity contribution in [2.24, 2.45) is 5.73 Å². The molecular weight excluding hydrogens is 160 g/mol. The second-order valence-corrected chi connectivity index (χ2v) is 3.43. The summed E-state index contributed by atoms with van der Waals surface area (Å²) in [6.45, 7) is 4.20. The monoisotopic (exact) mass is 178 g/mol. The van der Waals surface area contributed by atoms with E-state index in [1.54, 1.807) is 0 Å². The predicted octanol–water partition coefficient (Wildman–Crippen LogP) is 2.58. The average molecular weight is 178 g/mol.